The first kappa shape index (κ1) is 36.2. The van der Waals surface area contributed by atoms with Crippen molar-refractivity contribution >= 4 is 5.78 Å². The summed E-state index contributed by atoms with van der Waals surface area (Å²) in [7, 11) is 0. The first-order valence-electron chi connectivity index (χ1n) is 15.7. The number of aliphatic hydroxyl groups excluding tert-OH is 2. The van der Waals surface area contributed by atoms with Gasteiger partial charge in [0.1, 0.15) is 0 Å². The fraction of sp³-hybridized carbons (Fsp3) is 0.475. The van der Waals surface area contributed by atoms with Crippen molar-refractivity contribution < 1.29 is 15.0 Å². The Bertz CT molecular complexity index is 1310. The normalized spacial score (nSPS) is 27.7. The van der Waals surface area contributed by atoms with Crippen molar-refractivity contribution in [2.24, 2.45) is 16.2 Å². The van der Waals surface area contributed by atoms with Gasteiger partial charge in [-0.3, -0.25) is 4.79 Å². The van der Waals surface area contributed by atoms with Crippen molar-refractivity contribution in [3.05, 3.63) is 119 Å². The molecule has 0 aromatic heterocycles. The molecular weight excluding hydrogens is 528 g/mol. The fourth-order valence-corrected chi connectivity index (χ4v) is 6.19. The molecule has 0 spiro atoms. The smallest absolute Gasteiger partial charge is 0.162 e. The average molecular weight is 585 g/mol. The SMILES string of the molecule is CC1=C(/C=C/C(C)=C/C=C/C(C)=C/C=C/C=C(C)/C=C/C=C(C)/C=C/C(=O)C2(C)C[C@@H](O)CC2(C)C)C(C)(C)C[C@H](O)C1. The molecule has 3 heteroatoms. The average Bonchev–Trinajstić information content (AvgIpc) is 3.10. The van der Waals surface area contributed by atoms with E-state index in [0.29, 0.717) is 12.8 Å². The predicted octanol–water partition coefficient (Wildman–Crippen LogP) is 9.81. The molecule has 3 nitrogen and oxygen atoms in total. The highest BCUT2D eigenvalue weighted by Gasteiger charge is 2.52. The quantitative estimate of drug-likeness (QED) is 0.188. The lowest BCUT2D eigenvalue weighted by atomic mass is 9.66. The molecular formula is C40H56O3. The summed E-state index contributed by atoms with van der Waals surface area (Å²) in [4.78, 5) is 12.9. The van der Waals surface area contributed by atoms with Crippen LogP contribution in [0.25, 0.3) is 0 Å². The van der Waals surface area contributed by atoms with Gasteiger partial charge in [0.05, 0.1) is 12.2 Å². The van der Waals surface area contributed by atoms with E-state index in [0.717, 1.165) is 29.6 Å². The molecule has 0 bridgehead atoms. The van der Waals surface area contributed by atoms with Crippen molar-refractivity contribution in [3.63, 3.8) is 0 Å². The topological polar surface area (TPSA) is 57.5 Å². The second-order valence-electron chi connectivity index (χ2n) is 14.2. The maximum absolute atomic E-state index is 12.9. The lowest BCUT2D eigenvalue weighted by molar-refractivity contribution is -0.127. The molecule has 1 unspecified atom stereocenters. The lowest BCUT2D eigenvalue weighted by Gasteiger charge is -2.35. The Morgan fingerprint density at radius 3 is 1.63 bits per heavy atom. The van der Waals surface area contributed by atoms with E-state index >= 15 is 0 Å². The number of carbonyl (C=O) groups is 1. The van der Waals surface area contributed by atoms with Crippen LogP contribution in [0.15, 0.2) is 119 Å². The number of rotatable bonds is 11. The van der Waals surface area contributed by atoms with E-state index in [1.165, 1.54) is 16.7 Å². The summed E-state index contributed by atoms with van der Waals surface area (Å²) < 4.78 is 0. The largest absolute Gasteiger partial charge is 0.393 e. The van der Waals surface area contributed by atoms with Crippen molar-refractivity contribution in [1.82, 2.24) is 0 Å². The number of carbonyl (C=O) groups excluding carboxylic acids is 1. The van der Waals surface area contributed by atoms with Gasteiger partial charge in [-0.2, -0.15) is 0 Å². The molecule has 2 aliphatic carbocycles. The van der Waals surface area contributed by atoms with Crippen molar-refractivity contribution in [2.75, 3.05) is 0 Å². The van der Waals surface area contributed by atoms with E-state index in [-0.39, 0.29) is 22.7 Å². The molecule has 3 atom stereocenters. The van der Waals surface area contributed by atoms with E-state index in [9.17, 15) is 15.0 Å². The zero-order valence-electron chi connectivity index (χ0n) is 28.4. The molecule has 1 fully saturated rings. The van der Waals surface area contributed by atoms with Crippen LogP contribution in [0, 0.1) is 16.2 Å². The second-order valence-corrected chi connectivity index (χ2v) is 14.2. The third kappa shape index (κ3) is 10.9. The molecule has 2 rings (SSSR count). The first-order chi connectivity index (χ1) is 20.0. The Morgan fingerprint density at radius 1 is 0.651 bits per heavy atom. The summed E-state index contributed by atoms with van der Waals surface area (Å²) >= 11 is 0. The van der Waals surface area contributed by atoms with Crippen LogP contribution >= 0.6 is 0 Å². The van der Waals surface area contributed by atoms with Gasteiger partial charge in [0, 0.05) is 5.41 Å². The Kier molecular flexibility index (Phi) is 13.2. The Morgan fingerprint density at radius 2 is 1.14 bits per heavy atom. The van der Waals surface area contributed by atoms with E-state index in [1.807, 2.05) is 50.3 Å². The summed E-state index contributed by atoms with van der Waals surface area (Å²) in [5.74, 6) is 0.0853. The molecule has 1 saturated carbocycles. The van der Waals surface area contributed by atoms with Gasteiger partial charge in [0.2, 0.25) is 0 Å². The second kappa shape index (κ2) is 15.6. The predicted molar refractivity (Wildman–Crippen MR) is 185 cm³/mol. The Hall–Kier alpha value is -3.01. The molecule has 0 saturated heterocycles. The summed E-state index contributed by atoms with van der Waals surface area (Å²) in [6, 6.07) is 0. The molecule has 0 amide bonds. The summed E-state index contributed by atoms with van der Waals surface area (Å²) in [5.41, 5.74) is 6.34. The molecule has 43 heavy (non-hydrogen) atoms. The zero-order valence-corrected chi connectivity index (χ0v) is 28.4. The summed E-state index contributed by atoms with van der Waals surface area (Å²) in [6.07, 6.45) is 30.6. The van der Waals surface area contributed by atoms with Crippen LogP contribution < -0.4 is 0 Å². The van der Waals surface area contributed by atoms with Gasteiger partial charge in [-0.25, -0.2) is 0 Å². The highest BCUT2D eigenvalue weighted by molar-refractivity contribution is 5.95. The van der Waals surface area contributed by atoms with Gasteiger partial charge in [0.15, 0.2) is 5.78 Å². The third-order valence-electron chi connectivity index (χ3n) is 9.18. The van der Waals surface area contributed by atoms with Crippen LogP contribution in [0.5, 0.6) is 0 Å². The van der Waals surface area contributed by atoms with E-state index in [1.54, 1.807) is 6.08 Å². The number of hydrogen-bond acceptors (Lipinski definition) is 3. The Labute approximate surface area is 262 Å². The van der Waals surface area contributed by atoms with Gasteiger partial charge in [-0.15, -0.1) is 0 Å². The zero-order chi connectivity index (χ0) is 32.4. The lowest BCUT2D eigenvalue weighted by Crippen LogP contribution is -2.36. The first-order valence-corrected chi connectivity index (χ1v) is 15.7. The van der Waals surface area contributed by atoms with Gasteiger partial charge in [0.25, 0.3) is 0 Å². The summed E-state index contributed by atoms with van der Waals surface area (Å²) in [5, 5.41) is 20.2. The van der Waals surface area contributed by atoms with Crippen LogP contribution in [0.3, 0.4) is 0 Å². The maximum Gasteiger partial charge on any atom is 0.162 e. The van der Waals surface area contributed by atoms with Crippen molar-refractivity contribution in [1.29, 1.82) is 0 Å². The van der Waals surface area contributed by atoms with E-state index in [2.05, 4.69) is 97.9 Å². The van der Waals surface area contributed by atoms with Gasteiger partial charge in [-0.1, -0.05) is 141 Å². The molecule has 0 radical (unpaired) electrons. The minimum Gasteiger partial charge on any atom is -0.393 e. The molecule has 0 aromatic rings. The number of ketones is 1. The summed E-state index contributed by atoms with van der Waals surface area (Å²) in [6.45, 7) is 20.9. The molecule has 0 heterocycles. The highest BCUT2D eigenvalue weighted by atomic mass is 16.3. The molecule has 2 N–H and O–H groups in total. The third-order valence-corrected chi connectivity index (χ3v) is 9.18. The fourth-order valence-electron chi connectivity index (χ4n) is 6.19. The number of aliphatic hydroxyl groups is 2. The van der Waals surface area contributed by atoms with Crippen molar-refractivity contribution in [3.8, 4) is 0 Å². The van der Waals surface area contributed by atoms with Gasteiger partial charge < -0.3 is 10.2 Å². The molecule has 2 aliphatic rings. The molecule has 234 valence electrons. The highest BCUT2D eigenvalue weighted by Crippen LogP contribution is 2.53. The van der Waals surface area contributed by atoms with Crippen molar-refractivity contribution in [2.45, 2.75) is 107 Å². The van der Waals surface area contributed by atoms with Gasteiger partial charge >= 0.3 is 0 Å². The van der Waals surface area contributed by atoms with E-state index in [4.69, 9.17) is 0 Å². The number of hydrogen-bond donors (Lipinski definition) is 2. The Balaban J connectivity index is 1.89. The minimum atomic E-state index is -0.532. The molecule has 0 aliphatic heterocycles. The van der Waals surface area contributed by atoms with Crippen LogP contribution in [-0.4, -0.2) is 28.2 Å². The van der Waals surface area contributed by atoms with Crippen LogP contribution in [0.4, 0.5) is 0 Å². The monoisotopic (exact) mass is 584 g/mol. The van der Waals surface area contributed by atoms with Crippen LogP contribution in [-0.2, 0) is 4.79 Å². The number of allylic oxidation sites excluding steroid dienone is 19. The van der Waals surface area contributed by atoms with Gasteiger partial charge in [-0.05, 0) is 82.8 Å². The molecule has 0 aromatic carbocycles. The van der Waals surface area contributed by atoms with Crippen LogP contribution in [0.2, 0.25) is 0 Å². The standard InChI is InChI=1S/C40H56O3/c1-29(17-13-19-31(3)21-23-36-33(5)25-34(41)26-38(36,6)7)15-11-12-16-30(2)18-14-20-32(4)22-24-37(43)40(10)28-35(42)27-39(40,8)9/h11-24,34-35,41-42H,25-28H2,1-10H3/b12-11+,17-13+,18-14+,23-21+,24-22+,29-15+,30-16+,31-19+,32-20+/t34-,35+,40?/m1/s1. The minimum absolute atomic E-state index is 0.00528. The van der Waals surface area contributed by atoms with Crippen LogP contribution in [0.1, 0.15) is 94.9 Å². The van der Waals surface area contributed by atoms with E-state index < -0.39 is 11.5 Å². The maximum atomic E-state index is 12.9.